The first kappa shape index (κ1) is 17.7. The van der Waals surface area contributed by atoms with Gasteiger partial charge in [-0.3, -0.25) is 9.48 Å². The quantitative estimate of drug-likeness (QED) is 0.741. The second-order valence-electron chi connectivity index (χ2n) is 6.31. The van der Waals surface area contributed by atoms with Crippen molar-refractivity contribution in [3.8, 4) is 16.9 Å². The van der Waals surface area contributed by atoms with Gasteiger partial charge in [-0.05, 0) is 29.7 Å². The fraction of sp³-hybridized carbons (Fsp3) is 0.238. The topological polar surface area (TPSA) is 56.1 Å². The SMILES string of the molecule is COc1ccccc1-c1ccc([C@@H](C)NC(=O)Cc2cnn(C)c2)cc1. The van der Waals surface area contributed by atoms with Crippen molar-refractivity contribution in [2.24, 2.45) is 7.05 Å². The van der Waals surface area contributed by atoms with Gasteiger partial charge < -0.3 is 10.1 Å². The third-order valence-corrected chi connectivity index (χ3v) is 4.33. The summed E-state index contributed by atoms with van der Waals surface area (Å²) in [4.78, 5) is 12.2. The largest absolute Gasteiger partial charge is 0.496 e. The molecule has 3 rings (SSSR count). The number of hydrogen-bond donors (Lipinski definition) is 1. The molecule has 0 radical (unpaired) electrons. The maximum Gasteiger partial charge on any atom is 0.225 e. The Morgan fingerprint density at radius 3 is 2.58 bits per heavy atom. The lowest BCUT2D eigenvalue weighted by atomic mass is 10.0. The molecule has 0 aliphatic heterocycles. The Morgan fingerprint density at radius 1 is 1.19 bits per heavy atom. The Morgan fingerprint density at radius 2 is 1.92 bits per heavy atom. The average Bonchev–Trinajstić information content (AvgIpc) is 3.06. The number of methoxy groups -OCH3 is 1. The van der Waals surface area contributed by atoms with Gasteiger partial charge in [0.05, 0.1) is 25.8 Å². The molecule has 0 spiro atoms. The van der Waals surface area contributed by atoms with Gasteiger partial charge in [-0.2, -0.15) is 5.10 Å². The third-order valence-electron chi connectivity index (χ3n) is 4.33. The zero-order valence-electron chi connectivity index (χ0n) is 15.3. The van der Waals surface area contributed by atoms with Crippen LogP contribution in [0.4, 0.5) is 0 Å². The molecule has 2 aromatic carbocycles. The molecule has 0 saturated carbocycles. The number of nitrogens with one attached hydrogen (secondary N) is 1. The van der Waals surface area contributed by atoms with Crippen molar-refractivity contribution < 1.29 is 9.53 Å². The highest BCUT2D eigenvalue weighted by molar-refractivity contribution is 5.79. The fourth-order valence-corrected chi connectivity index (χ4v) is 2.96. The number of ether oxygens (including phenoxy) is 1. The zero-order chi connectivity index (χ0) is 18.5. The molecule has 0 unspecified atom stereocenters. The number of carbonyl (C=O) groups is 1. The minimum absolute atomic E-state index is 0.0145. The molecular formula is C21H23N3O2. The first-order valence-corrected chi connectivity index (χ1v) is 8.57. The Kier molecular flexibility index (Phi) is 5.37. The van der Waals surface area contributed by atoms with E-state index in [4.69, 9.17) is 4.74 Å². The number of nitrogens with zero attached hydrogens (tertiary/aromatic N) is 2. The second-order valence-corrected chi connectivity index (χ2v) is 6.31. The summed E-state index contributed by atoms with van der Waals surface area (Å²) in [6, 6.07) is 16.0. The van der Waals surface area contributed by atoms with Crippen molar-refractivity contribution in [2.75, 3.05) is 7.11 Å². The van der Waals surface area contributed by atoms with Gasteiger partial charge in [0, 0.05) is 18.8 Å². The number of carbonyl (C=O) groups excluding carboxylic acids is 1. The molecule has 1 amide bonds. The van der Waals surface area contributed by atoms with Crippen molar-refractivity contribution in [1.29, 1.82) is 0 Å². The van der Waals surface area contributed by atoms with Crippen molar-refractivity contribution in [2.45, 2.75) is 19.4 Å². The summed E-state index contributed by atoms with van der Waals surface area (Å²) in [5.74, 6) is 0.831. The summed E-state index contributed by atoms with van der Waals surface area (Å²) >= 11 is 0. The molecule has 0 aliphatic rings. The van der Waals surface area contributed by atoms with Gasteiger partial charge in [0.15, 0.2) is 0 Å². The van der Waals surface area contributed by atoms with E-state index in [0.717, 1.165) is 28.0 Å². The van der Waals surface area contributed by atoms with Gasteiger partial charge in [0.1, 0.15) is 5.75 Å². The smallest absolute Gasteiger partial charge is 0.225 e. The molecule has 0 fully saturated rings. The molecule has 0 bridgehead atoms. The highest BCUT2D eigenvalue weighted by Crippen LogP contribution is 2.30. The number of rotatable bonds is 6. The number of aryl methyl sites for hydroxylation is 1. The van der Waals surface area contributed by atoms with Crippen LogP contribution in [0.5, 0.6) is 5.75 Å². The van der Waals surface area contributed by atoms with E-state index in [0.29, 0.717) is 6.42 Å². The minimum Gasteiger partial charge on any atom is -0.496 e. The highest BCUT2D eigenvalue weighted by atomic mass is 16.5. The maximum atomic E-state index is 12.2. The van der Waals surface area contributed by atoms with Crippen LogP contribution in [0.1, 0.15) is 24.1 Å². The Hall–Kier alpha value is -3.08. The maximum absolute atomic E-state index is 12.2. The summed E-state index contributed by atoms with van der Waals surface area (Å²) in [5, 5.41) is 7.12. The molecule has 0 saturated heterocycles. The van der Waals surface area contributed by atoms with Crippen molar-refractivity contribution in [1.82, 2.24) is 15.1 Å². The second kappa shape index (κ2) is 7.87. The number of amides is 1. The highest BCUT2D eigenvalue weighted by Gasteiger charge is 2.12. The molecule has 5 heteroatoms. The lowest BCUT2D eigenvalue weighted by Gasteiger charge is -2.15. The first-order chi connectivity index (χ1) is 12.6. The summed E-state index contributed by atoms with van der Waals surface area (Å²) in [6.07, 6.45) is 3.90. The number of benzene rings is 2. The van der Waals surface area contributed by atoms with E-state index in [-0.39, 0.29) is 11.9 Å². The number of para-hydroxylation sites is 1. The molecule has 3 aromatic rings. The minimum atomic E-state index is -0.0640. The van der Waals surface area contributed by atoms with Crippen molar-refractivity contribution in [3.05, 3.63) is 72.1 Å². The third kappa shape index (κ3) is 4.11. The van der Waals surface area contributed by atoms with E-state index in [1.807, 2.05) is 56.6 Å². The van der Waals surface area contributed by atoms with Gasteiger partial charge in [0.25, 0.3) is 0 Å². The van der Waals surface area contributed by atoms with Gasteiger partial charge in [-0.1, -0.05) is 42.5 Å². The molecule has 0 aliphatic carbocycles. The van der Waals surface area contributed by atoms with Gasteiger partial charge in [-0.25, -0.2) is 0 Å². The summed E-state index contributed by atoms with van der Waals surface area (Å²) < 4.78 is 7.12. The molecule has 5 nitrogen and oxygen atoms in total. The Bertz CT molecular complexity index is 884. The van der Waals surface area contributed by atoms with Crippen LogP contribution < -0.4 is 10.1 Å². The van der Waals surface area contributed by atoms with Crippen LogP contribution in [-0.2, 0) is 18.3 Å². The van der Waals surface area contributed by atoms with E-state index in [1.165, 1.54) is 0 Å². The normalized spacial score (nSPS) is 11.8. The summed E-state index contributed by atoms with van der Waals surface area (Å²) in [5.41, 5.74) is 4.10. The zero-order valence-corrected chi connectivity index (χ0v) is 15.3. The van der Waals surface area contributed by atoms with Gasteiger partial charge in [0.2, 0.25) is 5.91 Å². The van der Waals surface area contributed by atoms with E-state index in [9.17, 15) is 4.79 Å². The number of aromatic nitrogens is 2. The predicted molar refractivity (Wildman–Crippen MR) is 102 cm³/mol. The molecule has 134 valence electrons. The van der Waals surface area contributed by atoms with Crippen LogP contribution >= 0.6 is 0 Å². The van der Waals surface area contributed by atoms with E-state index < -0.39 is 0 Å². The predicted octanol–water partition coefficient (Wildman–Crippen LogP) is 3.52. The van der Waals surface area contributed by atoms with E-state index >= 15 is 0 Å². The first-order valence-electron chi connectivity index (χ1n) is 8.57. The number of hydrogen-bond acceptors (Lipinski definition) is 3. The fourth-order valence-electron chi connectivity index (χ4n) is 2.96. The molecular weight excluding hydrogens is 326 g/mol. The van der Waals surface area contributed by atoms with Crippen molar-refractivity contribution in [3.63, 3.8) is 0 Å². The molecule has 1 N–H and O–H groups in total. The summed E-state index contributed by atoms with van der Waals surface area (Å²) in [6.45, 7) is 1.99. The van der Waals surface area contributed by atoms with Crippen LogP contribution in [0.25, 0.3) is 11.1 Å². The lowest BCUT2D eigenvalue weighted by Crippen LogP contribution is -2.27. The van der Waals surface area contributed by atoms with Crippen LogP contribution in [0.15, 0.2) is 60.9 Å². The van der Waals surface area contributed by atoms with Gasteiger partial charge >= 0.3 is 0 Å². The lowest BCUT2D eigenvalue weighted by molar-refractivity contribution is -0.121. The van der Waals surface area contributed by atoms with Crippen LogP contribution in [0.3, 0.4) is 0 Å². The van der Waals surface area contributed by atoms with E-state index in [2.05, 4.69) is 22.5 Å². The average molecular weight is 349 g/mol. The van der Waals surface area contributed by atoms with Gasteiger partial charge in [-0.15, -0.1) is 0 Å². The van der Waals surface area contributed by atoms with Crippen molar-refractivity contribution >= 4 is 5.91 Å². The molecule has 1 heterocycles. The van der Waals surface area contributed by atoms with Crippen LogP contribution in [0.2, 0.25) is 0 Å². The van der Waals surface area contributed by atoms with E-state index in [1.54, 1.807) is 18.0 Å². The molecule has 26 heavy (non-hydrogen) atoms. The Balaban J connectivity index is 1.67. The molecule has 1 aromatic heterocycles. The van der Waals surface area contributed by atoms with Crippen LogP contribution in [-0.4, -0.2) is 22.8 Å². The summed E-state index contributed by atoms with van der Waals surface area (Å²) in [7, 11) is 3.51. The monoisotopic (exact) mass is 349 g/mol. The Labute approximate surface area is 153 Å². The van der Waals surface area contributed by atoms with Crippen LogP contribution in [0, 0.1) is 0 Å². The standard InChI is InChI=1S/C21H23N3O2/c1-15(23-21(25)12-16-13-22-24(2)14-16)17-8-10-18(11-9-17)19-6-4-5-7-20(19)26-3/h4-11,13-15H,12H2,1-3H3,(H,23,25)/t15-/m1/s1. The molecule has 1 atom stereocenters.